The molecule has 6 rings (SSSR count). The van der Waals surface area contributed by atoms with E-state index in [0.29, 0.717) is 24.2 Å². The molecule has 2 aliphatic heterocycles. The Bertz CT molecular complexity index is 922. The Labute approximate surface area is 225 Å². The normalized spacial score (nSPS) is 33.1. The van der Waals surface area contributed by atoms with Crippen LogP contribution in [0.4, 0.5) is 11.4 Å². The largest absolute Gasteiger partial charge is 0.324 e. The SMILES string of the molecule is C[C@H](C[C@@H](C)OP1N[C@H]2CCCC[C@@H]2N1c1ccccc1)OP1N[C@H]2CCCC[C@@H]2N1c1ccccc1. The molecule has 0 spiro atoms. The van der Waals surface area contributed by atoms with Gasteiger partial charge in [-0.05, 0) is 63.8 Å². The molecule has 0 amide bonds. The fourth-order valence-electron chi connectivity index (χ4n) is 6.60. The molecule has 4 fully saturated rings. The summed E-state index contributed by atoms with van der Waals surface area (Å²) in [5.74, 6) is 0. The lowest BCUT2D eigenvalue weighted by molar-refractivity contribution is 0.148. The van der Waals surface area contributed by atoms with E-state index in [1.807, 2.05) is 0 Å². The second-order valence-corrected chi connectivity index (χ2v) is 14.0. The molecule has 2 heterocycles. The van der Waals surface area contributed by atoms with E-state index in [1.165, 1.54) is 62.7 Å². The number of para-hydroxylation sites is 2. The predicted molar refractivity (Wildman–Crippen MR) is 156 cm³/mol. The van der Waals surface area contributed by atoms with E-state index in [2.05, 4.69) is 94.0 Å². The standard InChI is InChI=1S/C29H42N4O2P2/c1-22(34-36-30-26-17-9-11-19-28(26)32(36)24-13-5-3-6-14-24)21-23(2)35-37-31-27-18-10-12-20-29(27)33(37)25-15-7-4-8-16-25/h3-8,13-16,22-23,26-31H,9-12,17-21H2,1-2H3/t22-,23-,26+,27+,28+,29+,36?,37?/m1/s1. The van der Waals surface area contributed by atoms with Gasteiger partial charge in [-0.3, -0.25) is 10.2 Å². The van der Waals surface area contributed by atoms with Gasteiger partial charge in [0, 0.05) is 29.9 Å². The van der Waals surface area contributed by atoms with Crippen LogP contribution in [0.5, 0.6) is 0 Å². The Morgan fingerprint density at radius 3 is 1.51 bits per heavy atom. The number of hydrogen-bond donors (Lipinski definition) is 2. The highest BCUT2D eigenvalue weighted by Gasteiger charge is 2.45. The van der Waals surface area contributed by atoms with E-state index in [1.54, 1.807) is 0 Å². The Kier molecular flexibility index (Phi) is 8.33. The molecule has 2 N–H and O–H groups in total. The van der Waals surface area contributed by atoms with Crippen LogP contribution < -0.4 is 19.5 Å². The van der Waals surface area contributed by atoms with Gasteiger partial charge in [0.25, 0.3) is 0 Å². The summed E-state index contributed by atoms with van der Waals surface area (Å²) < 4.78 is 18.7. The van der Waals surface area contributed by atoms with Crippen molar-refractivity contribution in [3.63, 3.8) is 0 Å². The van der Waals surface area contributed by atoms with Crippen LogP contribution in [0.3, 0.4) is 0 Å². The zero-order valence-electron chi connectivity index (χ0n) is 22.2. The van der Waals surface area contributed by atoms with Gasteiger partial charge in [-0.2, -0.15) is 0 Å². The van der Waals surface area contributed by atoms with Gasteiger partial charge in [0.2, 0.25) is 16.9 Å². The molecule has 37 heavy (non-hydrogen) atoms. The van der Waals surface area contributed by atoms with E-state index < -0.39 is 16.9 Å². The first-order valence-electron chi connectivity index (χ1n) is 14.3. The van der Waals surface area contributed by atoms with Crippen molar-refractivity contribution in [2.45, 2.75) is 108 Å². The Hall–Kier alpha value is -1.26. The van der Waals surface area contributed by atoms with E-state index in [-0.39, 0.29) is 12.2 Å². The lowest BCUT2D eigenvalue weighted by atomic mass is 9.91. The molecule has 2 saturated carbocycles. The molecule has 2 saturated heterocycles. The van der Waals surface area contributed by atoms with Crippen molar-refractivity contribution >= 4 is 28.3 Å². The quantitative estimate of drug-likeness (QED) is 0.339. The molecule has 6 nitrogen and oxygen atoms in total. The summed E-state index contributed by atoms with van der Waals surface area (Å²) in [6.07, 6.45) is 11.4. The molecule has 8 heteroatoms. The summed E-state index contributed by atoms with van der Waals surface area (Å²) >= 11 is 0. The van der Waals surface area contributed by atoms with Crippen molar-refractivity contribution < 1.29 is 9.05 Å². The first-order valence-corrected chi connectivity index (χ1v) is 16.7. The van der Waals surface area contributed by atoms with Crippen molar-refractivity contribution in [1.82, 2.24) is 10.2 Å². The van der Waals surface area contributed by atoms with E-state index in [9.17, 15) is 0 Å². The van der Waals surface area contributed by atoms with Gasteiger partial charge in [-0.15, -0.1) is 0 Å². The number of anilines is 2. The summed E-state index contributed by atoms with van der Waals surface area (Å²) in [6, 6.07) is 23.9. The minimum Gasteiger partial charge on any atom is -0.324 e. The highest BCUT2D eigenvalue weighted by atomic mass is 31.2. The number of hydrogen-bond acceptors (Lipinski definition) is 6. The Balaban J connectivity index is 1.11. The number of nitrogens with zero attached hydrogens (tertiary/aromatic N) is 2. The predicted octanol–water partition coefficient (Wildman–Crippen LogP) is 7.48. The summed E-state index contributed by atoms with van der Waals surface area (Å²) in [6.45, 7) is 4.44. The lowest BCUT2D eigenvalue weighted by Crippen LogP contribution is -2.38. The number of benzene rings is 2. The average molecular weight is 541 g/mol. The third-order valence-corrected chi connectivity index (χ3v) is 12.4. The molecule has 0 aromatic heterocycles. The van der Waals surface area contributed by atoms with Crippen LogP contribution in [0.2, 0.25) is 0 Å². The van der Waals surface area contributed by atoms with Crippen LogP contribution in [0.1, 0.15) is 71.6 Å². The first kappa shape index (κ1) is 26.0. The third-order valence-electron chi connectivity index (χ3n) is 8.30. The van der Waals surface area contributed by atoms with Crippen LogP contribution in [-0.2, 0) is 9.05 Å². The van der Waals surface area contributed by atoms with Gasteiger partial charge in [0.1, 0.15) is 0 Å². The summed E-state index contributed by atoms with van der Waals surface area (Å²) in [5.41, 5.74) is 2.57. The van der Waals surface area contributed by atoms with Crippen molar-refractivity contribution in [3.8, 4) is 0 Å². The maximum Gasteiger partial charge on any atom is 0.216 e. The van der Waals surface area contributed by atoms with Crippen LogP contribution in [0.25, 0.3) is 0 Å². The van der Waals surface area contributed by atoms with E-state index >= 15 is 0 Å². The molecule has 2 aromatic rings. The summed E-state index contributed by atoms with van der Waals surface area (Å²) in [7, 11) is -1.74. The Morgan fingerprint density at radius 1 is 0.676 bits per heavy atom. The molecule has 4 aliphatic rings. The molecule has 2 unspecified atom stereocenters. The zero-order valence-corrected chi connectivity index (χ0v) is 24.0. The minimum atomic E-state index is -0.870. The fourth-order valence-corrected chi connectivity index (χ4v) is 11.0. The van der Waals surface area contributed by atoms with Crippen molar-refractivity contribution in [2.75, 3.05) is 9.34 Å². The van der Waals surface area contributed by atoms with Gasteiger partial charge >= 0.3 is 0 Å². The molecular weight excluding hydrogens is 498 g/mol. The monoisotopic (exact) mass is 540 g/mol. The number of nitrogens with one attached hydrogen (secondary N) is 2. The molecule has 8 atom stereocenters. The molecule has 0 radical (unpaired) electrons. The zero-order chi connectivity index (χ0) is 25.2. The van der Waals surface area contributed by atoms with Crippen LogP contribution >= 0.6 is 16.9 Å². The molecule has 200 valence electrons. The molecule has 2 aliphatic carbocycles. The highest BCUT2D eigenvalue weighted by molar-refractivity contribution is 7.53. The maximum atomic E-state index is 6.78. The average Bonchev–Trinajstić information content (AvgIpc) is 3.46. The van der Waals surface area contributed by atoms with E-state index in [0.717, 1.165) is 6.42 Å². The highest BCUT2D eigenvalue weighted by Crippen LogP contribution is 2.55. The van der Waals surface area contributed by atoms with Gasteiger partial charge in [-0.1, -0.05) is 62.1 Å². The van der Waals surface area contributed by atoms with Crippen molar-refractivity contribution in [3.05, 3.63) is 60.7 Å². The topological polar surface area (TPSA) is 49.0 Å². The molecular formula is C29H42N4O2P2. The smallest absolute Gasteiger partial charge is 0.216 e. The van der Waals surface area contributed by atoms with Crippen LogP contribution in [-0.4, -0.2) is 36.4 Å². The van der Waals surface area contributed by atoms with Gasteiger partial charge in [0.05, 0.1) is 24.3 Å². The lowest BCUT2D eigenvalue weighted by Gasteiger charge is -2.35. The summed E-state index contributed by atoms with van der Waals surface area (Å²) in [5, 5.41) is 7.78. The number of rotatable bonds is 8. The summed E-state index contributed by atoms with van der Waals surface area (Å²) in [4.78, 5) is 0. The van der Waals surface area contributed by atoms with Gasteiger partial charge in [-0.25, -0.2) is 0 Å². The van der Waals surface area contributed by atoms with Crippen molar-refractivity contribution in [2.24, 2.45) is 0 Å². The van der Waals surface area contributed by atoms with Crippen molar-refractivity contribution in [1.29, 1.82) is 0 Å². The second kappa shape index (κ2) is 11.9. The Morgan fingerprint density at radius 2 is 1.08 bits per heavy atom. The molecule has 2 aromatic carbocycles. The fraction of sp³-hybridized carbons (Fsp3) is 0.586. The van der Waals surface area contributed by atoms with E-state index in [4.69, 9.17) is 9.05 Å². The van der Waals surface area contributed by atoms with Gasteiger partial charge < -0.3 is 18.4 Å². The third kappa shape index (κ3) is 5.71. The second-order valence-electron chi connectivity index (χ2n) is 11.1. The number of fused-ring (bicyclic) bond motifs is 2. The van der Waals surface area contributed by atoms with Gasteiger partial charge in [0.15, 0.2) is 0 Å². The first-order chi connectivity index (χ1) is 18.2. The maximum absolute atomic E-state index is 6.78. The van der Waals surface area contributed by atoms with Crippen LogP contribution in [0.15, 0.2) is 60.7 Å². The van der Waals surface area contributed by atoms with Crippen LogP contribution in [0, 0.1) is 0 Å². The minimum absolute atomic E-state index is 0.116. The molecule has 0 bridgehead atoms.